The average Bonchev–Trinajstić information content (AvgIpc) is 3.60. The first-order valence-electron chi connectivity index (χ1n) is 11.6. The molecule has 33 heavy (non-hydrogen) atoms. The van der Waals surface area contributed by atoms with Crippen LogP contribution >= 0.6 is 11.3 Å². The number of hydrogen-bond donors (Lipinski definition) is 1. The molecular weight excluding hydrogens is 426 g/mol. The number of oxime groups is 1. The number of nitrogens with zero attached hydrogens (tertiary/aromatic N) is 2. The number of nitrogens with one attached hydrogen (secondary N) is 1. The van der Waals surface area contributed by atoms with E-state index in [0.29, 0.717) is 6.04 Å². The number of fused-ring (bicyclic) bond motifs is 4. The number of thiophene rings is 1. The molecule has 2 aromatic heterocycles. The van der Waals surface area contributed by atoms with E-state index in [9.17, 15) is 0 Å². The molecule has 0 bridgehead atoms. The molecule has 0 saturated heterocycles. The van der Waals surface area contributed by atoms with Crippen molar-refractivity contribution in [2.75, 3.05) is 6.54 Å². The molecule has 1 N–H and O–H groups in total. The maximum Gasteiger partial charge on any atom is 0.153 e. The zero-order valence-electron chi connectivity index (χ0n) is 18.7. The minimum atomic E-state index is -0.0940. The highest BCUT2D eigenvalue weighted by atomic mass is 32.1. The smallest absolute Gasteiger partial charge is 0.153 e. The van der Waals surface area contributed by atoms with Crippen LogP contribution in [-0.2, 0) is 17.7 Å². The van der Waals surface area contributed by atoms with Crippen LogP contribution in [0.25, 0.3) is 5.69 Å². The molecular formula is C28H27N3OS. The van der Waals surface area contributed by atoms with E-state index in [0.717, 1.165) is 42.8 Å². The summed E-state index contributed by atoms with van der Waals surface area (Å²) in [5.74, 6) is 0. The van der Waals surface area contributed by atoms with Gasteiger partial charge in [0.2, 0.25) is 0 Å². The summed E-state index contributed by atoms with van der Waals surface area (Å²) in [4.78, 5) is 7.46. The van der Waals surface area contributed by atoms with Crippen LogP contribution in [0, 0.1) is 6.92 Å². The zero-order valence-corrected chi connectivity index (χ0v) is 19.5. The lowest BCUT2D eigenvalue weighted by atomic mass is 10.1. The Balaban J connectivity index is 1.18. The molecule has 0 fully saturated rings. The van der Waals surface area contributed by atoms with Crippen LogP contribution in [0.4, 0.5) is 0 Å². The van der Waals surface area contributed by atoms with E-state index in [1.807, 2.05) is 6.07 Å². The Morgan fingerprint density at radius 1 is 1.03 bits per heavy atom. The van der Waals surface area contributed by atoms with Crippen molar-refractivity contribution in [3.05, 3.63) is 111 Å². The molecule has 3 heterocycles. The second kappa shape index (κ2) is 8.65. The van der Waals surface area contributed by atoms with E-state index in [4.69, 9.17) is 9.99 Å². The number of aromatic nitrogens is 1. The minimum Gasteiger partial charge on any atom is -0.387 e. The van der Waals surface area contributed by atoms with Crippen molar-refractivity contribution in [3.63, 3.8) is 0 Å². The third kappa shape index (κ3) is 3.81. The summed E-state index contributed by atoms with van der Waals surface area (Å²) in [6, 6.07) is 23.9. The van der Waals surface area contributed by atoms with Crippen molar-refractivity contribution in [2.45, 2.75) is 38.3 Å². The molecule has 1 unspecified atom stereocenters. The Bertz CT molecular complexity index is 1280. The summed E-state index contributed by atoms with van der Waals surface area (Å²) in [5, 5.41) is 10.7. The van der Waals surface area contributed by atoms with Gasteiger partial charge in [0.1, 0.15) is 5.71 Å². The molecule has 4 nitrogen and oxygen atoms in total. The van der Waals surface area contributed by atoms with Crippen LogP contribution in [0.15, 0.2) is 83.5 Å². The fourth-order valence-electron chi connectivity index (χ4n) is 5.06. The van der Waals surface area contributed by atoms with Crippen molar-refractivity contribution >= 4 is 17.0 Å². The second-order valence-corrected chi connectivity index (χ2v) is 9.80. The fraction of sp³-hybridized carbons (Fsp3) is 0.250. The molecule has 0 amide bonds. The van der Waals surface area contributed by atoms with Crippen molar-refractivity contribution in [3.8, 4) is 5.69 Å². The van der Waals surface area contributed by atoms with Crippen LogP contribution in [0.3, 0.4) is 0 Å². The predicted octanol–water partition coefficient (Wildman–Crippen LogP) is 5.82. The van der Waals surface area contributed by atoms with Crippen molar-refractivity contribution in [1.82, 2.24) is 9.88 Å². The first-order valence-corrected chi connectivity index (χ1v) is 12.5. The Kier molecular flexibility index (Phi) is 5.36. The quantitative estimate of drug-likeness (QED) is 0.316. The highest BCUT2D eigenvalue weighted by Crippen LogP contribution is 2.36. The molecule has 1 aliphatic heterocycles. The highest BCUT2D eigenvalue weighted by molar-refractivity contribution is 7.13. The van der Waals surface area contributed by atoms with Crippen LogP contribution in [0.5, 0.6) is 0 Å². The number of hydrogen-bond acceptors (Lipinski definition) is 4. The van der Waals surface area contributed by atoms with E-state index in [-0.39, 0.29) is 6.10 Å². The first kappa shape index (κ1) is 20.5. The van der Waals surface area contributed by atoms with E-state index in [2.05, 4.69) is 89.0 Å². The molecule has 2 aliphatic rings. The van der Waals surface area contributed by atoms with Gasteiger partial charge in [-0.1, -0.05) is 59.8 Å². The van der Waals surface area contributed by atoms with Gasteiger partial charge in [-0.3, -0.25) is 0 Å². The van der Waals surface area contributed by atoms with Crippen molar-refractivity contribution < 1.29 is 4.84 Å². The van der Waals surface area contributed by atoms with Gasteiger partial charge in [0.25, 0.3) is 0 Å². The Hall–Kier alpha value is -3.15. The maximum atomic E-state index is 6.27. The molecule has 2 aromatic carbocycles. The first-order chi connectivity index (χ1) is 16.3. The van der Waals surface area contributed by atoms with Gasteiger partial charge in [0.05, 0.1) is 16.3 Å². The van der Waals surface area contributed by atoms with Crippen LogP contribution in [0.1, 0.15) is 45.3 Å². The summed E-state index contributed by atoms with van der Waals surface area (Å²) < 4.78 is 2.22. The van der Waals surface area contributed by atoms with Gasteiger partial charge >= 0.3 is 0 Å². The van der Waals surface area contributed by atoms with Gasteiger partial charge in [-0.05, 0) is 66.1 Å². The van der Waals surface area contributed by atoms with Crippen LogP contribution < -0.4 is 5.32 Å². The third-order valence-electron chi connectivity index (χ3n) is 6.72. The van der Waals surface area contributed by atoms with E-state index in [1.165, 1.54) is 27.3 Å². The standard InChI is InChI=1S/C28H27N3OS/c1-19-18-33-28-26(24-12-7-15-31(24)27(19)28)30-32-25(20-8-3-2-4-9-20)13-14-29-23-16-21-10-5-6-11-22(21)17-23/h2-12,15,18,23,25,29H,13-14,16-17H2,1H3. The molecule has 166 valence electrons. The van der Waals surface area contributed by atoms with E-state index >= 15 is 0 Å². The lowest BCUT2D eigenvalue weighted by molar-refractivity contribution is 0.0521. The van der Waals surface area contributed by atoms with Gasteiger partial charge < -0.3 is 14.7 Å². The molecule has 0 spiro atoms. The lowest BCUT2D eigenvalue weighted by Crippen LogP contribution is -2.31. The molecule has 1 atom stereocenters. The normalized spacial score (nSPS) is 16.6. The molecule has 1 aliphatic carbocycles. The minimum absolute atomic E-state index is 0.0940. The van der Waals surface area contributed by atoms with Crippen molar-refractivity contribution in [2.24, 2.45) is 5.16 Å². The summed E-state index contributed by atoms with van der Waals surface area (Å²) >= 11 is 1.74. The van der Waals surface area contributed by atoms with Gasteiger partial charge in [0.15, 0.2) is 6.10 Å². The van der Waals surface area contributed by atoms with E-state index in [1.54, 1.807) is 11.3 Å². The summed E-state index contributed by atoms with van der Waals surface area (Å²) in [5.41, 5.74) is 8.67. The topological polar surface area (TPSA) is 38.5 Å². The summed E-state index contributed by atoms with van der Waals surface area (Å²) in [6.45, 7) is 3.05. The van der Waals surface area contributed by atoms with E-state index < -0.39 is 0 Å². The average molecular weight is 454 g/mol. The van der Waals surface area contributed by atoms with Crippen molar-refractivity contribution in [1.29, 1.82) is 0 Å². The number of aryl methyl sites for hydroxylation is 1. The van der Waals surface area contributed by atoms with Crippen LogP contribution in [-0.4, -0.2) is 22.9 Å². The summed E-state index contributed by atoms with van der Waals surface area (Å²) in [6.07, 6.45) is 5.09. The van der Waals surface area contributed by atoms with Gasteiger partial charge in [-0.25, -0.2) is 0 Å². The maximum absolute atomic E-state index is 6.27. The predicted molar refractivity (Wildman–Crippen MR) is 135 cm³/mol. The molecule has 0 radical (unpaired) electrons. The number of benzene rings is 2. The number of rotatable bonds is 7. The Morgan fingerprint density at radius 2 is 1.79 bits per heavy atom. The van der Waals surface area contributed by atoms with Gasteiger partial charge in [-0.15, -0.1) is 11.3 Å². The second-order valence-electron chi connectivity index (χ2n) is 8.92. The Morgan fingerprint density at radius 3 is 2.58 bits per heavy atom. The lowest BCUT2D eigenvalue weighted by Gasteiger charge is -2.18. The summed E-state index contributed by atoms with van der Waals surface area (Å²) in [7, 11) is 0. The molecule has 6 rings (SSSR count). The van der Waals surface area contributed by atoms with Crippen LogP contribution in [0.2, 0.25) is 0 Å². The largest absolute Gasteiger partial charge is 0.387 e. The molecule has 4 aromatic rings. The third-order valence-corrected chi connectivity index (χ3v) is 7.82. The fourth-order valence-corrected chi connectivity index (χ4v) is 6.10. The zero-order chi connectivity index (χ0) is 22.2. The SMILES string of the molecule is Cc1csc2c1-n1cccc1C2=NOC(CCNC1Cc2ccccc2C1)c1ccccc1. The van der Waals surface area contributed by atoms with Gasteiger partial charge in [0, 0.05) is 18.7 Å². The molecule has 5 heteroatoms. The van der Waals surface area contributed by atoms with Gasteiger partial charge in [-0.2, -0.15) is 0 Å². The molecule has 0 saturated carbocycles. The highest BCUT2D eigenvalue weighted by Gasteiger charge is 2.29. The Labute approximate surface area is 198 Å². The monoisotopic (exact) mass is 453 g/mol.